The third-order valence-electron chi connectivity index (χ3n) is 5.92. The van der Waals surface area contributed by atoms with E-state index in [0.29, 0.717) is 47.1 Å². The van der Waals surface area contributed by atoms with E-state index in [1.54, 1.807) is 18.7 Å². The highest BCUT2D eigenvalue weighted by Crippen LogP contribution is 2.43. The average Bonchev–Trinajstić information content (AvgIpc) is 3.12. The van der Waals surface area contributed by atoms with Gasteiger partial charge in [0.2, 0.25) is 5.88 Å². The Kier molecular flexibility index (Phi) is 4.57. The molecule has 8 nitrogen and oxygen atoms in total. The lowest BCUT2D eigenvalue weighted by Gasteiger charge is -2.41. The van der Waals surface area contributed by atoms with Crippen LogP contribution in [-0.4, -0.2) is 37.6 Å². The summed E-state index contributed by atoms with van der Waals surface area (Å²) >= 11 is 0. The predicted octanol–water partition coefficient (Wildman–Crippen LogP) is 3.71. The summed E-state index contributed by atoms with van der Waals surface area (Å²) in [5.74, 6) is 1.34. The van der Waals surface area contributed by atoms with Crippen LogP contribution in [-0.2, 0) is 0 Å². The summed E-state index contributed by atoms with van der Waals surface area (Å²) in [5, 5.41) is 25.3. The molecule has 4 aromatic rings. The molecular weight excluding hydrogens is 404 g/mol. The molecule has 8 heteroatoms. The number of nitrogens with two attached hydrogens (primary N) is 1. The minimum atomic E-state index is -0.722. The fourth-order valence-corrected chi connectivity index (χ4v) is 4.29. The summed E-state index contributed by atoms with van der Waals surface area (Å²) in [7, 11) is 1.58. The van der Waals surface area contributed by atoms with Gasteiger partial charge in [0, 0.05) is 11.1 Å². The zero-order chi connectivity index (χ0) is 22.5. The molecule has 3 N–H and O–H groups in total. The van der Waals surface area contributed by atoms with Crippen molar-refractivity contribution in [3.05, 3.63) is 54.1 Å². The van der Waals surface area contributed by atoms with Crippen LogP contribution in [0.2, 0.25) is 0 Å². The lowest BCUT2D eigenvalue weighted by Crippen LogP contribution is -2.42. The SMILES string of the molecule is COc1nc(-c2ccccc2)nc2cc(-c3nn(C4CC(C)(O)C4)c(N)c3C#N)ccc12. The molecule has 1 fully saturated rings. The van der Waals surface area contributed by atoms with Gasteiger partial charge < -0.3 is 15.6 Å². The molecule has 1 aliphatic carbocycles. The first kappa shape index (κ1) is 20.0. The quantitative estimate of drug-likeness (QED) is 0.510. The predicted molar refractivity (Wildman–Crippen MR) is 121 cm³/mol. The minimum absolute atomic E-state index is 0.0293. The topological polar surface area (TPSA) is 123 Å². The Labute approximate surface area is 184 Å². The van der Waals surface area contributed by atoms with E-state index in [-0.39, 0.29) is 6.04 Å². The van der Waals surface area contributed by atoms with Crippen LogP contribution in [0.5, 0.6) is 5.88 Å². The third-order valence-corrected chi connectivity index (χ3v) is 5.92. The molecular formula is C24H22N6O2. The summed E-state index contributed by atoms with van der Waals surface area (Å²) in [4.78, 5) is 9.28. The number of benzene rings is 2. The molecule has 0 unspecified atom stereocenters. The van der Waals surface area contributed by atoms with Crippen LogP contribution >= 0.6 is 0 Å². The second-order valence-electron chi connectivity index (χ2n) is 8.38. The summed E-state index contributed by atoms with van der Waals surface area (Å²) in [6, 6.07) is 17.4. The van der Waals surface area contributed by atoms with E-state index < -0.39 is 5.60 Å². The van der Waals surface area contributed by atoms with Crippen molar-refractivity contribution in [2.45, 2.75) is 31.4 Å². The Morgan fingerprint density at radius 3 is 2.56 bits per heavy atom. The molecule has 0 aliphatic heterocycles. The zero-order valence-electron chi connectivity index (χ0n) is 17.8. The van der Waals surface area contributed by atoms with Gasteiger partial charge >= 0.3 is 0 Å². The fourth-order valence-electron chi connectivity index (χ4n) is 4.29. The van der Waals surface area contributed by atoms with Crippen molar-refractivity contribution in [2.24, 2.45) is 0 Å². The molecule has 2 heterocycles. The maximum atomic E-state index is 10.1. The van der Waals surface area contributed by atoms with E-state index in [1.165, 1.54) is 0 Å². The monoisotopic (exact) mass is 426 g/mol. The Balaban J connectivity index is 1.63. The van der Waals surface area contributed by atoms with Crippen molar-refractivity contribution < 1.29 is 9.84 Å². The summed E-state index contributed by atoms with van der Waals surface area (Å²) in [6.07, 6.45) is 1.09. The van der Waals surface area contributed by atoms with E-state index in [9.17, 15) is 10.4 Å². The molecule has 2 aromatic heterocycles. The van der Waals surface area contributed by atoms with Crippen LogP contribution in [0.3, 0.4) is 0 Å². The van der Waals surface area contributed by atoms with E-state index in [2.05, 4.69) is 16.2 Å². The maximum Gasteiger partial charge on any atom is 0.224 e. The Morgan fingerprint density at radius 2 is 1.91 bits per heavy atom. The third kappa shape index (κ3) is 3.24. The molecule has 1 aliphatic rings. The molecule has 0 atom stereocenters. The van der Waals surface area contributed by atoms with Gasteiger partial charge in [0.15, 0.2) is 5.82 Å². The Morgan fingerprint density at radius 1 is 1.16 bits per heavy atom. The summed E-state index contributed by atoms with van der Waals surface area (Å²) in [5.41, 5.74) is 8.64. The van der Waals surface area contributed by atoms with Crippen LogP contribution < -0.4 is 10.5 Å². The van der Waals surface area contributed by atoms with E-state index in [1.807, 2.05) is 48.5 Å². The van der Waals surface area contributed by atoms with Crippen molar-refractivity contribution in [2.75, 3.05) is 12.8 Å². The first-order valence-corrected chi connectivity index (χ1v) is 10.3. The van der Waals surface area contributed by atoms with Crippen LogP contribution in [0.4, 0.5) is 5.82 Å². The van der Waals surface area contributed by atoms with Crippen molar-refractivity contribution in [1.29, 1.82) is 5.26 Å². The molecule has 5 rings (SSSR count). The lowest BCUT2D eigenvalue weighted by molar-refractivity contribution is -0.0535. The van der Waals surface area contributed by atoms with Gasteiger partial charge in [0.05, 0.1) is 29.7 Å². The van der Waals surface area contributed by atoms with Gasteiger partial charge in [0.25, 0.3) is 0 Å². The van der Waals surface area contributed by atoms with Gasteiger partial charge in [-0.1, -0.05) is 36.4 Å². The largest absolute Gasteiger partial charge is 0.480 e. The van der Waals surface area contributed by atoms with Gasteiger partial charge in [-0.3, -0.25) is 0 Å². The van der Waals surface area contributed by atoms with Crippen LogP contribution in [0.15, 0.2) is 48.5 Å². The van der Waals surface area contributed by atoms with Crippen molar-refractivity contribution in [3.8, 4) is 34.6 Å². The van der Waals surface area contributed by atoms with Crippen LogP contribution in [0, 0.1) is 11.3 Å². The second-order valence-corrected chi connectivity index (χ2v) is 8.38. The maximum absolute atomic E-state index is 10.1. The lowest BCUT2D eigenvalue weighted by atomic mass is 9.77. The molecule has 0 saturated heterocycles. The summed E-state index contributed by atoms with van der Waals surface area (Å²) in [6.45, 7) is 1.79. The van der Waals surface area contributed by atoms with E-state index in [0.717, 1.165) is 16.5 Å². The van der Waals surface area contributed by atoms with E-state index >= 15 is 0 Å². The normalized spacial score (nSPS) is 20.0. The number of fused-ring (bicyclic) bond motifs is 1. The number of hydrogen-bond acceptors (Lipinski definition) is 7. The van der Waals surface area contributed by atoms with Crippen molar-refractivity contribution in [1.82, 2.24) is 19.7 Å². The van der Waals surface area contributed by atoms with Crippen LogP contribution in [0.1, 0.15) is 31.4 Å². The fraction of sp³-hybridized carbons (Fsp3) is 0.250. The van der Waals surface area contributed by atoms with E-state index in [4.69, 9.17) is 15.5 Å². The van der Waals surface area contributed by atoms with Crippen LogP contribution in [0.25, 0.3) is 33.5 Å². The molecule has 1 saturated carbocycles. The van der Waals surface area contributed by atoms with Gasteiger partial charge in [-0.15, -0.1) is 0 Å². The standard InChI is InChI=1S/C24H22N6O2/c1-24(31)11-16(12-24)30-21(26)18(13-25)20(29-30)15-8-9-17-19(10-15)27-22(28-23(17)32-2)14-6-4-3-5-7-14/h3-10,16,31H,11-12,26H2,1-2H3. The number of ether oxygens (including phenoxy) is 1. The van der Waals surface area contributed by atoms with Crippen molar-refractivity contribution >= 4 is 16.7 Å². The first-order valence-electron chi connectivity index (χ1n) is 10.3. The highest BCUT2D eigenvalue weighted by Gasteiger charge is 2.41. The summed E-state index contributed by atoms with van der Waals surface area (Å²) < 4.78 is 7.17. The second kappa shape index (κ2) is 7.32. The first-order chi connectivity index (χ1) is 15.4. The molecule has 0 radical (unpaired) electrons. The number of hydrogen-bond donors (Lipinski definition) is 2. The average molecular weight is 426 g/mol. The highest BCUT2D eigenvalue weighted by atomic mass is 16.5. The van der Waals surface area contributed by atoms with Crippen molar-refractivity contribution in [3.63, 3.8) is 0 Å². The molecule has 2 aromatic carbocycles. The molecule has 32 heavy (non-hydrogen) atoms. The number of aliphatic hydroxyl groups is 1. The smallest absolute Gasteiger partial charge is 0.224 e. The number of nitrogens with zero attached hydrogens (tertiary/aromatic N) is 5. The molecule has 0 bridgehead atoms. The number of anilines is 1. The number of methoxy groups -OCH3 is 1. The number of aromatic nitrogens is 4. The van der Waals surface area contributed by atoms with Gasteiger partial charge in [-0.05, 0) is 31.9 Å². The van der Waals surface area contributed by atoms with Gasteiger partial charge in [0.1, 0.15) is 23.1 Å². The number of nitrogen functional groups attached to an aromatic ring is 1. The zero-order valence-corrected chi connectivity index (χ0v) is 17.8. The van der Waals surface area contributed by atoms with Gasteiger partial charge in [-0.2, -0.15) is 15.3 Å². The minimum Gasteiger partial charge on any atom is -0.480 e. The Hall–Kier alpha value is -3.96. The molecule has 0 spiro atoms. The Bertz CT molecular complexity index is 1360. The molecule has 160 valence electrons. The number of rotatable bonds is 4. The number of nitriles is 1. The van der Waals surface area contributed by atoms with Gasteiger partial charge in [-0.25, -0.2) is 9.67 Å². The molecule has 0 amide bonds. The highest BCUT2D eigenvalue weighted by molar-refractivity contribution is 5.90.